The van der Waals surface area contributed by atoms with Crippen LogP contribution in [0.4, 0.5) is 13.2 Å². The summed E-state index contributed by atoms with van der Waals surface area (Å²) in [4.78, 5) is 0.850. The van der Waals surface area contributed by atoms with Crippen LogP contribution in [0.2, 0.25) is 0 Å². The van der Waals surface area contributed by atoms with E-state index in [2.05, 4.69) is 14.9 Å². The Morgan fingerprint density at radius 3 is 2.67 bits per heavy atom. The predicted molar refractivity (Wildman–Crippen MR) is 76.2 cm³/mol. The van der Waals surface area contributed by atoms with Crippen LogP contribution in [0.3, 0.4) is 0 Å². The minimum Gasteiger partial charge on any atom is -0.305 e. The molecule has 0 aliphatic carbocycles. The molecule has 0 saturated heterocycles. The van der Waals surface area contributed by atoms with Gasteiger partial charge >= 0.3 is 6.18 Å². The van der Waals surface area contributed by atoms with Crippen molar-refractivity contribution in [2.45, 2.75) is 32.5 Å². The van der Waals surface area contributed by atoms with E-state index >= 15 is 0 Å². The first-order valence-corrected chi connectivity index (χ1v) is 7.40. The predicted octanol–water partition coefficient (Wildman–Crippen LogP) is 3.95. The fourth-order valence-electron chi connectivity index (χ4n) is 2.05. The maximum Gasteiger partial charge on any atom is 0.416 e. The molecule has 0 bridgehead atoms. The molecule has 2 rings (SSSR count). The van der Waals surface area contributed by atoms with Crippen molar-refractivity contribution in [2.24, 2.45) is 0 Å². The van der Waals surface area contributed by atoms with Gasteiger partial charge in [-0.2, -0.15) is 13.2 Å². The van der Waals surface area contributed by atoms with Crippen LogP contribution < -0.4 is 5.32 Å². The fraction of sp³-hybridized carbons (Fsp3) is 0.429. The third-order valence-corrected chi connectivity index (χ3v) is 3.99. The molecule has 0 spiro atoms. The van der Waals surface area contributed by atoms with Crippen LogP contribution in [0.5, 0.6) is 0 Å². The zero-order valence-electron chi connectivity index (χ0n) is 11.7. The Bertz CT molecular complexity index is 595. The van der Waals surface area contributed by atoms with Gasteiger partial charge in [0.2, 0.25) is 0 Å². The SMILES string of the molecule is CCCNC(c1cccc(C(F)(F)F)c1)c1snnc1C. The van der Waals surface area contributed by atoms with Crippen molar-refractivity contribution < 1.29 is 13.2 Å². The van der Waals surface area contributed by atoms with Gasteiger partial charge in [0.1, 0.15) is 0 Å². The number of alkyl halides is 3. The molecule has 1 N–H and O–H groups in total. The van der Waals surface area contributed by atoms with E-state index in [0.717, 1.165) is 23.1 Å². The number of aryl methyl sites for hydroxylation is 1. The molecule has 1 heterocycles. The van der Waals surface area contributed by atoms with Crippen molar-refractivity contribution >= 4 is 11.5 Å². The van der Waals surface area contributed by atoms with Crippen LogP contribution in [0.1, 0.15) is 41.1 Å². The van der Waals surface area contributed by atoms with Crippen molar-refractivity contribution in [3.05, 3.63) is 46.0 Å². The fourth-order valence-corrected chi connectivity index (χ4v) is 2.80. The minimum absolute atomic E-state index is 0.313. The van der Waals surface area contributed by atoms with E-state index in [1.54, 1.807) is 6.07 Å². The lowest BCUT2D eigenvalue weighted by Crippen LogP contribution is -2.23. The van der Waals surface area contributed by atoms with Gasteiger partial charge in [-0.05, 0) is 49.1 Å². The monoisotopic (exact) mass is 315 g/mol. The summed E-state index contributed by atoms with van der Waals surface area (Å²) < 4.78 is 42.5. The summed E-state index contributed by atoms with van der Waals surface area (Å²) in [5.41, 5.74) is 0.678. The molecule has 0 aliphatic rings. The molecule has 0 fully saturated rings. The molecule has 7 heteroatoms. The molecular weight excluding hydrogens is 299 g/mol. The van der Waals surface area contributed by atoms with E-state index in [1.165, 1.54) is 23.7 Å². The maximum absolute atomic E-state index is 12.9. The summed E-state index contributed by atoms with van der Waals surface area (Å²) in [6, 6.07) is 5.09. The highest BCUT2D eigenvalue weighted by Gasteiger charge is 2.31. The van der Waals surface area contributed by atoms with Gasteiger partial charge in [0, 0.05) is 0 Å². The lowest BCUT2D eigenvalue weighted by atomic mass is 10.0. The van der Waals surface area contributed by atoms with Gasteiger partial charge in [0.05, 0.1) is 22.2 Å². The van der Waals surface area contributed by atoms with Crippen molar-refractivity contribution in [1.29, 1.82) is 0 Å². The first kappa shape index (κ1) is 15.9. The molecule has 0 saturated carbocycles. The maximum atomic E-state index is 12.9. The van der Waals surface area contributed by atoms with Gasteiger partial charge in [0.25, 0.3) is 0 Å². The van der Waals surface area contributed by atoms with Gasteiger partial charge in [-0.15, -0.1) is 5.10 Å². The van der Waals surface area contributed by atoms with Gasteiger partial charge in [0.15, 0.2) is 0 Å². The smallest absolute Gasteiger partial charge is 0.305 e. The quantitative estimate of drug-likeness (QED) is 0.907. The Hall–Kier alpha value is -1.47. The number of halogens is 3. The number of nitrogens with zero attached hydrogens (tertiary/aromatic N) is 2. The van der Waals surface area contributed by atoms with Gasteiger partial charge in [-0.1, -0.05) is 23.5 Å². The Morgan fingerprint density at radius 1 is 1.33 bits per heavy atom. The van der Waals surface area contributed by atoms with E-state index in [9.17, 15) is 13.2 Å². The zero-order chi connectivity index (χ0) is 15.5. The van der Waals surface area contributed by atoms with Crippen molar-refractivity contribution in [2.75, 3.05) is 6.54 Å². The van der Waals surface area contributed by atoms with Gasteiger partial charge in [-0.3, -0.25) is 0 Å². The Morgan fingerprint density at radius 2 is 2.10 bits per heavy atom. The zero-order valence-corrected chi connectivity index (χ0v) is 12.6. The van der Waals surface area contributed by atoms with Crippen LogP contribution in [0.15, 0.2) is 24.3 Å². The summed E-state index contributed by atoms with van der Waals surface area (Å²) in [5, 5.41) is 7.22. The number of benzene rings is 1. The number of hydrogen-bond acceptors (Lipinski definition) is 4. The van der Waals surface area contributed by atoms with E-state index in [-0.39, 0.29) is 6.04 Å². The highest BCUT2D eigenvalue weighted by atomic mass is 32.1. The summed E-state index contributed by atoms with van der Waals surface area (Å²) in [7, 11) is 0. The average Bonchev–Trinajstić information content (AvgIpc) is 2.85. The third-order valence-electron chi connectivity index (χ3n) is 3.09. The van der Waals surface area contributed by atoms with Crippen LogP contribution in [-0.4, -0.2) is 16.1 Å². The molecule has 3 nitrogen and oxygen atoms in total. The second-order valence-electron chi connectivity index (χ2n) is 4.73. The standard InChI is InChI=1S/C14H16F3N3S/c1-3-7-18-12(13-9(2)19-20-21-13)10-5-4-6-11(8-10)14(15,16)17/h4-6,8,12,18H,3,7H2,1-2H3. The van der Waals surface area contributed by atoms with E-state index in [4.69, 9.17) is 0 Å². The molecule has 114 valence electrons. The molecule has 1 aromatic heterocycles. The van der Waals surface area contributed by atoms with Gasteiger partial charge < -0.3 is 5.32 Å². The molecule has 21 heavy (non-hydrogen) atoms. The summed E-state index contributed by atoms with van der Waals surface area (Å²) >= 11 is 1.21. The normalized spacial score (nSPS) is 13.4. The Labute approximate surface area is 125 Å². The molecule has 0 radical (unpaired) electrons. The van der Waals surface area contributed by atoms with E-state index in [1.807, 2.05) is 13.8 Å². The van der Waals surface area contributed by atoms with Crippen molar-refractivity contribution in [1.82, 2.24) is 14.9 Å². The lowest BCUT2D eigenvalue weighted by Gasteiger charge is -2.19. The number of aromatic nitrogens is 2. The van der Waals surface area contributed by atoms with Crippen LogP contribution in [0, 0.1) is 6.92 Å². The Balaban J connectivity index is 2.40. The first-order chi connectivity index (χ1) is 9.93. The summed E-state index contributed by atoms with van der Waals surface area (Å²) in [5.74, 6) is 0. The van der Waals surface area contributed by atoms with Crippen molar-refractivity contribution in [3.8, 4) is 0 Å². The first-order valence-electron chi connectivity index (χ1n) is 6.63. The number of hydrogen-bond donors (Lipinski definition) is 1. The molecule has 0 aliphatic heterocycles. The molecular formula is C14H16F3N3S. The van der Waals surface area contributed by atoms with E-state index < -0.39 is 11.7 Å². The van der Waals surface area contributed by atoms with Crippen molar-refractivity contribution in [3.63, 3.8) is 0 Å². The highest BCUT2D eigenvalue weighted by molar-refractivity contribution is 7.05. The molecule has 1 unspecified atom stereocenters. The largest absolute Gasteiger partial charge is 0.416 e. The van der Waals surface area contributed by atoms with E-state index in [0.29, 0.717) is 12.1 Å². The average molecular weight is 315 g/mol. The lowest BCUT2D eigenvalue weighted by molar-refractivity contribution is -0.137. The summed E-state index contributed by atoms with van der Waals surface area (Å²) in [6.45, 7) is 4.53. The second-order valence-corrected chi connectivity index (χ2v) is 5.52. The highest BCUT2D eigenvalue weighted by Crippen LogP contribution is 2.33. The second kappa shape index (κ2) is 6.53. The third kappa shape index (κ3) is 3.79. The molecule has 2 aromatic rings. The Kier molecular flexibility index (Phi) is 4.95. The number of nitrogens with one attached hydrogen (secondary N) is 1. The van der Waals surface area contributed by atoms with Crippen LogP contribution in [-0.2, 0) is 6.18 Å². The van der Waals surface area contributed by atoms with Crippen LogP contribution in [0.25, 0.3) is 0 Å². The topological polar surface area (TPSA) is 37.8 Å². The minimum atomic E-state index is -4.34. The molecule has 1 atom stereocenters. The molecule has 0 amide bonds. The van der Waals surface area contributed by atoms with Crippen LogP contribution >= 0.6 is 11.5 Å². The number of rotatable bonds is 5. The molecule has 1 aromatic carbocycles. The summed E-state index contributed by atoms with van der Waals surface area (Å²) in [6.07, 6.45) is -3.45. The van der Waals surface area contributed by atoms with Gasteiger partial charge in [-0.25, -0.2) is 0 Å².